The molecule has 2 aromatic heterocycles. The second-order valence-corrected chi connectivity index (χ2v) is 6.22. The van der Waals surface area contributed by atoms with Crippen LogP contribution in [0.5, 0.6) is 0 Å². The van der Waals surface area contributed by atoms with Crippen molar-refractivity contribution in [1.29, 1.82) is 0 Å². The molecular weight excluding hydrogens is 286 g/mol. The largest absolute Gasteiger partial charge is 0.297 e. The smallest absolute Gasteiger partial charge is 0.0568 e. The lowest BCUT2D eigenvalue weighted by Gasteiger charge is -2.32. The highest BCUT2D eigenvalue weighted by molar-refractivity contribution is 5.65. The van der Waals surface area contributed by atoms with E-state index in [1.54, 1.807) is 0 Å². The van der Waals surface area contributed by atoms with Gasteiger partial charge in [-0.3, -0.25) is 15.1 Å². The van der Waals surface area contributed by atoms with Crippen LogP contribution in [0, 0.1) is 0 Å². The van der Waals surface area contributed by atoms with Crippen LogP contribution in [0.4, 0.5) is 0 Å². The summed E-state index contributed by atoms with van der Waals surface area (Å²) in [7, 11) is 0. The Bertz CT molecular complexity index is 732. The van der Waals surface area contributed by atoms with Crippen LogP contribution < -0.4 is 0 Å². The van der Waals surface area contributed by atoms with Crippen molar-refractivity contribution in [2.24, 2.45) is 0 Å². The third-order valence-electron chi connectivity index (χ3n) is 4.62. The van der Waals surface area contributed by atoms with Crippen molar-refractivity contribution < 1.29 is 0 Å². The fourth-order valence-electron chi connectivity index (χ4n) is 3.50. The lowest BCUT2D eigenvalue weighted by Crippen LogP contribution is -2.34. The van der Waals surface area contributed by atoms with E-state index in [2.05, 4.69) is 61.7 Å². The number of benzene rings is 1. The van der Waals surface area contributed by atoms with Crippen LogP contribution in [0.15, 0.2) is 48.8 Å². The van der Waals surface area contributed by atoms with Crippen molar-refractivity contribution >= 4 is 0 Å². The molecule has 3 aromatic rings. The summed E-state index contributed by atoms with van der Waals surface area (Å²) in [6, 6.07) is 12.6. The highest BCUT2D eigenvalue weighted by Gasteiger charge is 2.25. The van der Waals surface area contributed by atoms with Crippen molar-refractivity contribution in [1.82, 2.24) is 25.3 Å². The van der Waals surface area contributed by atoms with E-state index in [1.165, 1.54) is 35.4 Å². The van der Waals surface area contributed by atoms with Crippen LogP contribution >= 0.6 is 0 Å². The van der Waals surface area contributed by atoms with Gasteiger partial charge in [0.2, 0.25) is 0 Å². The highest BCUT2D eigenvalue weighted by Crippen LogP contribution is 2.33. The van der Waals surface area contributed by atoms with Gasteiger partial charge in [-0.25, -0.2) is 0 Å². The normalized spacial score (nSPS) is 19.0. The van der Waals surface area contributed by atoms with E-state index in [0.29, 0.717) is 5.92 Å². The average molecular weight is 307 g/mol. The van der Waals surface area contributed by atoms with Gasteiger partial charge < -0.3 is 0 Å². The number of H-pyrrole nitrogens is 2. The van der Waals surface area contributed by atoms with Gasteiger partial charge in [0.1, 0.15) is 0 Å². The molecule has 5 nitrogen and oxygen atoms in total. The number of piperidine rings is 1. The molecule has 1 aliphatic rings. The van der Waals surface area contributed by atoms with Crippen LogP contribution in [-0.4, -0.2) is 38.4 Å². The van der Waals surface area contributed by atoms with Gasteiger partial charge in [0.05, 0.1) is 6.20 Å². The minimum absolute atomic E-state index is 0.504. The van der Waals surface area contributed by atoms with Crippen molar-refractivity contribution in [3.63, 3.8) is 0 Å². The maximum atomic E-state index is 4.31. The van der Waals surface area contributed by atoms with Crippen LogP contribution in [0.3, 0.4) is 0 Å². The molecule has 3 heterocycles. The van der Waals surface area contributed by atoms with Crippen LogP contribution in [0.1, 0.15) is 30.1 Å². The van der Waals surface area contributed by atoms with Crippen LogP contribution in [0.2, 0.25) is 0 Å². The monoisotopic (exact) mass is 307 g/mol. The molecule has 23 heavy (non-hydrogen) atoms. The highest BCUT2D eigenvalue weighted by atomic mass is 15.2. The third kappa shape index (κ3) is 3.05. The fraction of sp³-hybridized carbons (Fsp3) is 0.333. The van der Waals surface area contributed by atoms with E-state index < -0.39 is 0 Å². The van der Waals surface area contributed by atoms with Gasteiger partial charge in [0, 0.05) is 42.2 Å². The Morgan fingerprint density at radius 1 is 1.09 bits per heavy atom. The first-order chi connectivity index (χ1) is 11.4. The van der Waals surface area contributed by atoms with Crippen molar-refractivity contribution in [3.05, 3.63) is 60.2 Å². The summed E-state index contributed by atoms with van der Waals surface area (Å²) >= 11 is 0. The average Bonchev–Trinajstić information content (AvgIpc) is 3.27. The number of aromatic amines is 2. The quantitative estimate of drug-likeness (QED) is 0.778. The van der Waals surface area contributed by atoms with Gasteiger partial charge in [-0.15, -0.1) is 0 Å². The van der Waals surface area contributed by atoms with E-state index in [-0.39, 0.29) is 0 Å². The predicted octanol–water partition coefficient (Wildman–Crippen LogP) is 3.18. The summed E-state index contributed by atoms with van der Waals surface area (Å²) in [5.74, 6) is 0.504. The van der Waals surface area contributed by atoms with Gasteiger partial charge in [-0.2, -0.15) is 10.2 Å². The van der Waals surface area contributed by atoms with E-state index in [0.717, 1.165) is 19.6 Å². The molecule has 5 heteroatoms. The topological polar surface area (TPSA) is 60.6 Å². The molecule has 1 saturated heterocycles. The lowest BCUT2D eigenvalue weighted by molar-refractivity contribution is 0.196. The van der Waals surface area contributed by atoms with Crippen LogP contribution in [-0.2, 0) is 6.54 Å². The van der Waals surface area contributed by atoms with Gasteiger partial charge in [-0.1, -0.05) is 30.3 Å². The molecule has 0 spiro atoms. The summed E-state index contributed by atoms with van der Waals surface area (Å²) in [4.78, 5) is 2.50. The minimum Gasteiger partial charge on any atom is -0.297 e. The number of likely N-dealkylation sites (tertiary alicyclic amines) is 1. The lowest BCUT2D eigenvalue weighted by atomic mass is 9.90. The molecule has 1 fully saturated rings. The van der Waals surface area contributed by atoms with Crippen molar-refractivity contribution in [3.8, 4) is 11.1 Å². The summed E-state index contributed by atoms with van der Waals surface area (Å²) in [6.07, 6.45) is 6.20. The zero-order chi connectivity index (χ0) is 15.5. The third-order valence-corrected chi connectivity index (χ3v) is 4.62. The van der Waals surface area contributed by atoms with Crippen LogP contribution in [0.25, 0.3) is 11.1 Å². The predicted molar refractivity (Wildman–Crippen MR) is 89.9 cm³/mol. The second-order valence-electron chi connectivity index (χ2n) is 6.22. The van der Waals surface area contributed by atoms with Crippen molar-refractivity contribution in [2.45, 2.75) is 25.3 Å². The van der Waals surface area contributed by atoms with E-state index in [4.69, 9.17) is 0 Å². The summed E-state index contributed by atoms with van der Waals surface area (Å²) in [5.41, 5.74) is 4.92. The van der Waals surface area contributed by atoms with Gasteiger partial charge in [-0.05, 0) is 31.0 Å². The Kier molecular flexibility index (Phi) is 3.94. The molecule has 1 atom stereocenters. The Morgan fingerprint density at radius 3 is 2.83 bits per heavy atom. The number of hydrogen-bond donors (Lipinski definition) is 2. The SMILES string of the molecule is c1ccc(-c2cn[nH]c2C2CCCN(Cc3ccn[nH]3)C2)cc1. The Hall–Kier alpha value is -2.40. The molecule has 0 bridgehead atoms. The molecule has 118 valence electrons. The Labute approximate surface area is 135 Å². The first-order valence-electron chi connectivity index (χ1n) is 8.19. The van der Waals surface area contributed by atoms with Gasteiger partial charge in [0.15, 0.2) is 0 Å². The molecule has 0 radical (unpaired) electrons. The van der Waals surface area contributed by atoms with Gasteiger partial charge >= 0.3 is 0 Å². The zero-order valence-electron chi connectivity index (χ0n) is 13.1. The summed E-state index contributed by atoms with van der Waals surface area (Å²) in [5, 5.41) is 14.7. The molecule has 1 aromatic carbocycles. The van der Waals surface area contributed by atoms with E-state index in [9.17, 15) is 0 Å². The number of nitrogens with one attached hydrogen (secondary N) is 2. The summed E-state index contributed by atoms with van der Waals surface area (Å²) < 4.78 is 0. The molecule has 1 aliphatic heterocycles. The molecule has 0 amide bonds. The van der Waals surface area contributed by atoms with E-state index in [1.807, 2.05) is 12.4 Å². The second kappa shape index (κ2) is 6.38. The molecule has 0 saturated carbocycles. The molecule has 2 N–H and O–H groups in total. The van der Waals surface area contributed by atoms with E-state index >= 15 is 0 Å². The number of nitrogens with zero attached hydrogens (tertiary/aromatic N) is 3. The number of rotatable bonds is 4. The van der Waals surface area contributed by atoms with Gasteiger partial charge in [0.25, 0.3) is 0 Å². The molecule has 4 rings (SSSR count). The number of aromatic nitrogens is 4. The standard InChI is InChI=1S/C18H21N5/c1-2-5-14(6-3-1)17-11-20-22-18(17)15-7-4-10-23(12-15)13-16-8-9-19-21-16/h1-3,5-6,8-9,11,15H,4,7,10,12-13H2,(H,19,21)(H,20,22). The first-order valence-corrected chi connectivity index (χ1v) is 8.19. The fourth-order valence-corrected chi connectivity index (χ4v) is 3.50. The first kappa shape index (κ1) is 14.2. The molecule has 1 unspecified atom stereocenters. The Morgan fingerprint density at radius 2 is 2.00 bits per heavy atom. The summed E-state index contributed by atoms with van der Waals surface area (Å²) in [6.45, 7) is 3.14. The zero-order valence-corrected chi connectivity index (χ0v) is 13.1. The van der Waals surface area contributed by atoms with Crippen molar-refractivity contribution in [2.75, 3.05) is 13.1 Å². The maximum absolute atomic E-state index is 4.31. The maximum Gasteiger partial charge on any atom is 0.0568 e. The molecule has 0 aliphatic carbocycles. The Balaban J connectivity index is 1.53. The molecular formula is C18H21N5. The number of hydrogen-bond acceptors (Lipinski definition) is 3. The minimum atomic E-state index is 0.504.